The van der Waals surface area contributed by atoms with Gasteiger partial charge in [-0.15, -0.1) is 0 Å². The largest absolute Gasteiger partial charge is 0.493 e. The maximum absolute atomic E-state index is 12.3. The highest BCUT2D eigenvalue weighted by atomic mass is 79.9. The van der Waals surface area contributed by atoms with Gasteiger partial charge in [-0.05, 0) is 37.1 Å². The Bertz CT molecular complexity index is 714. The number of fused-ring (bicyclic) bond motifs is 1. The van der Waals surface area contributed by atoms with Gasteiger partial charge in [0.2, 0.25) is 5.91 Å². The zero-order valence-electron chi connectivity index (χ0n) is 13.1. The first-order chi connectivity index (χ1) is 11.1. The second kappa shape index (κ2) is 7.18. The van der Waals surface area contributed by atoms with E-state index in [4.69, 9.17) is 4.74 Å². The van der Waals surface area contributed by atoms with Crippen molar-refractivity contribution in [1.29, 1.82) is 0 Å². The quantitative estimate of drug-likeness (QED) is 0.865. The highest BCUT2D eigenvalue weighted by Gasteiger charge is 2.23. The van der Waals surface area contributed by atoms with Crippen molar-refractivity contribution in [3.63, 3.8) is 0 Å². The molecule has 1 aliphatic heterocycles. The Hall–Kier alpha value is -1.81. The number of aryl methyl sites for hydroxylation is 2. The molecule has 23 heavy (non-hydrogen) atoms. The summed E-state index contributed by atoms with van der Waals surface area (Å²) >= 11 is 3.48. The fourth-order valence-electron chi connectivity index (χ4n) is 2.91. The fourth-order valence-corrected chi connectivity index (χ4v) is 3.29. The van der Waals surface area contributed by atoms with Gasteiger partial charge >= 0.3 is 0 Å². The maximum atomic E-state index is 12.3. The zero-order valence-corrected chi connectivity index (χ0v) is 14.7. The van der Waals surface area contributed by atoms with Crippen molar-refractivity contribution in [1.82, 2.24) is 5.32 Å². The van der Waals surface area contributed by atoms with E-state index in [1.165, 1.54) is 11.1 Å². The van der Waals surface area contributed by atoms with E-state index in [0.717, 1.165) is 28.6 Å². The van der Waals surface area contributed by atoms with Gasteiger partial charge in [0.15, 0.2) is 0 Å². The number of rotatable bonds is 4. The summed E-state index contributed by atoms with van der Waals surface area (Å²) in [7, 11) is 0. The zero-order chi connectivity index (χ0) is 16.2. The number of hydrogen-bond donors (Lipinski definition) is 1. The third-order valence-corrected chi connectivity index (χ3v) is 4.56. The van der Waals surface area contributed by atoms with Gasteiger partial charge in [0.1, 0.15) is 5.75 Å². The molecule has 1 N–H and O–H groups in total. The normalized spacial score (nSPS) is 16.3. The van der Waals surface area contributed by atoms with Gasteiger partial charge in [0, 0.05) is 22.9 Å². The van der Waals surface area contributed by atoms with Crippen LogP contribution in [0.2, 0.25) is 0 Å². The summed E-state index contributed by atoms with van der Waals surface area (Å²) < 4.78 is 6.66. The molecule has 0 radical (unpaired) electrons. The second-order valence-corrected chi connectivity index (χ2v) is 6.84. The molecular weight excluding hydrogens is 354 g/mol. The highest BCUT2D eigenvalue weighted by molar-refractivity contribution is 9.10. The first kappa shape index (κ1) is 16.1. The number of carbonyl (C=O) groups excluding carboxylic acids is 1. The summed E-state index contributed by atoms with van der Waals surface area (Å²) in [6.45, 7) is 2.71. The van der Waals surface area contributed by atoms with Crippen LogP contribution < -0.4 is 10.1 Å². The summed E-state index contributed by atoms with van der Waals surface area (Å²) in [5.41, 5.74) is 3.48. The minimum Gasteiger partial charge on any atom is -0.493 e. The second-order valence-electron chi connectivity index (χ2n) is 5.93. The van der Waals surface area contributed by atoms with E-state index in [1.807, 2.05) is 24.3 Å². The number of nitrogens with one attached hydrogen (secondary N) is 1. The lowest BCUT2D eigenvalue weighted by atomic mass is 10.00. The standard InChI is InChI=1S/C19H20BrNO2/c1-13-3-2-4-14(11-13)5-8-19(22)21-17-9-10-23-18-7-6-15(20)12-16(17)18/h2-4,6-7,11-12,17H,5,8-10H2,1H3,(H,21,22). The van der Waals surface area contributed by atoms with E-state index in [0.29, 0.717) is 13.0 Å². The lowest BCUT2D eigenvalue weighted by molar-refractivity contribution is -0.122. The number of ether oxygens (including phenoxy) is 1. The molecule has 0 aromatic heterocycles. The lowest BCUT2D eigenvalue weighted by Crippen LogP contribution is -2.32. The van der Waals surface area contributed by atoms with Crippen LogP contribution in [0.4, 0.5) is 0 Å². The van der Waals surface area contributed by atoms with Crippen LogP contribution in [0, 0.1) is 6.92 Å². The molecule has 2 aromatic rings. The third kappa shape index (κ3) is 4.14. The monoisotopic (exact) mass is 373 g/mol. The molecule has 1 unspecified atom stereocenters. The molecule has 1 aliphatic rings. The van der Waals surface area contributed by atoms with Crippen LogP contribution in [0.15, 0.2) is 46.9 Å². The van der Waals surface area contributed by atoms with Crippen molar-refractivity contribution in [3.8, 4) is 5.75 Å². The Balaban J connectivity index is 1.62. The summed E-state index contributed by atoms with van der Waals surface area (Å²) in [5.74, 6) is 0.952. The van der Waals surface area contributed by atoms with E-state index in [9.17, 15) is 4.79 Å². The van der Waals surface area contributed by atoms with Crippen LogP contribution in [-0.2, 0) is 11.2 Å². The van der Waals surface area contributed by atoms with Crippen LogP contribution in [0.25, 0.3) is 0 Å². The molecule has 1 amide bonds. The average Bonchev–Trinajstić information content (AvgIpc) is 2.54. The van der Waals surface area contributed by atoms with Gasteiger partial charge in [-0.2, -0.15) is 0 Å². The van der Waals surface area contributed by atoms with Crippen LogP contribution >= 0.6 is 15.9 Å². The molecule has 0 saturated heterocycles. The van der Waals surface area contributed by atoms with Crippen LogP contribution in [0.5, 0.6) is 5.75 Å². The predicted octanol–water partition coefficient (Wildman–Crippen LogP) is 4.33. The van der Waals surface area contributed by atoms with Crippen molar-refractivity contribution < 1.29 is 9.53 Å². The SMILES string of the molecule is Cc1cccc(CCC(=O)NC2CCOc3ccc(Br)cc32)c1. The van der Waals surface area contributed by atoms with E-state index in [2.05, 4.69) is 46.4 Å². The number of halogens is 1. The van der Waals surface area contributed by atoms with Crippen molar-refractivity contribution in [2.45, 2.75) is 32.2 Å². The molecule has 0 aliphatic carbocycles. The van der Waals surface area contributed by atoms with Gasteiger partial charge in [0.05, 0.1) is 12.6 Å². The van der Waals surface area contributed by atoms with Crippen molar-refractivity contribution in [2.24, 2.45) is 0 Å². The Labute approximate surface area is 145 Å². The Morgan fingerprint density at radius 1 is 1.30 bits per heavy atom. The third-order valence-electron chi connectivity index (χ3n) is 4.07. The molecule has 3 rings (SSSR count). The average molecular weight is 374 g/mol. The van der Waals surface area contributed by atoms with Crippen LogP contribution in [0.3, 0.4) is 0 Å². The Morgan fingerprint density at radius 3 is 3.00 bits per heavy atom. The Morgan fingerprint density at radius 2 is 2.17 bits per heavy atom. The molecule has 1 heterocycles. The molecule has 0 bridgehead atoms. The molecule has 0 spiro atoms. The topological polar surface area (TPSA) is 38.3 Å². The number of carbonyl (C=O) groups is 1. The first-order valence-corrected chi connectivity index (χ1v) is 8.68. The lowest BCUT2D eigenvalue weighted by Gasteiger charge is -2.27. The molecule has 0 fully saturated rings. The van der Waals surface area contributed by atoms with Gasteiger partial charge in [0.25, 0.3) is 0 Å². The smallest absolute Gasteiger partial charge is 0.220 e. The fraction of sp³-hybridized carbons (Fsp3) is 0.316. The van der Waals surface area contributed by atoms with Gasteiger partial charge < -0.3 is 10.1 Å². The van der Waals surface area contributed by atoms with E-state index in [1.54, 1.807) is 0 Å². The van der Waals surface area contributed by atoms with Gasteiger partial charge in [-0.3, -0.25) is 4.79 Å². The molecule has 1 atom stereocenters. The van der Waals surface area contributed by atoms with Gasteiger partial charge in [-0.1, -0.05) is 45.8 Å². The van der Waals surface area contributed by atoms with E-state index >= 15 is 0 Å². The van der Waals surface area contributed by atoms with Crippen LogP contribution in [-0.4, -0.2) is 12.5 Å². The molecule has 120 valence electrons. The summed E-state index contributed by atoms with van der Waals surface area (Å²) in [5, 5.41) is 3.15. The molecule has 3 nitrogen and oxygen atoms in total. The molecular formula is C19H20BrNO2. The van der Waals surface area contributed by atoms with Crippen molar-refractivity contribution in [2.75, 3.05) is 6.61 Å². The Kier molecular flexibility index (Phi) is 5.01. The minimum atomic E-state index is 0.0289. The minimum absolute atomic E-state index is 0.0289. The van der Waals surface area contributed by atoms with Crippen molar-refractivity contribution >= 4 is 21.8 Å². The number of hydrogen-bond acceptors (Lipinski definition) is 2. The summed E-state index contributed by atoms with van der Waals surface area (Å²) in [6, 6.07) is 14.3. The number of amides is 1. The molecule has 0 saturated carbocycles. The van der Waals surface area contributed by atoms with E-state index in [-0.39, 0.29) is 11.9 Å². The number of benzene rings is 2. The molecule has 2 aromatic carbocycles. The summed E-state index contributed by atoms with van der Waals surface area (Å²) in [6.07, 6.45) is 2.08. The predicted molar refractivity (Wildman–Crippen MR) is 94.6 cm³/mol. The highest BCUT2D eigenvalue weighted by Crippen LogP contribution is 2.34. The summed E-state index contributed by atoms with van der Waals surface area (Å²) in [4.78, 5) is 12.3. The van der Waals surface area contributed by atoms with Crippen LogP contribution in [0.1, 0.15) is 35.6 Å². The van der Waals surface area contributed by atoms with Crippen molar-refractivity contribution in [3.05, 3.63) is 63.6 Å². The maximum Gasteiger partial charge on any atom is 0.220 e. The first-order valence-electron chi connectivity index (χ1n) is 7.89. The van der Waals surface area contributed by atoms with Gasteiger partial charge in [-0.25, -0.2) is 0 Å². The van der Waals surface area contributed by atoms with E-state index < -0.39 is 0 Å². The molecule has 4 heteroatoms.